The molecule has 82 valence electrons. The number of hydroxylamine groups is 1. The third-order valence-corrected chi connectivity index (χ3v) is 1.23. The summed E-state index contributed by atoms with van der Waals surface area (Å²) in [6.45, 7) is 9.57. The second-order valence-electron chi connectivity index (χ2n) is 3.82. The molecule has 1 unspecified atom stereocenters. The Morgan fingerprint density at radius 1 is 1.50 bits per heavy atom. The molecule has 0 radical (unpaired) electrons. The molecular weight excluding hydrogens is 182 g/mol. The van der Waals surface area contributed by atoms with Gasteiger partial charge in [0, 0.05) is 6.42 Å². The van der Waals surface area contributed by atoms with Gasteiger partial charge in [-0.25, -0.2) is 0 Å². The summed E-state index contributed by atoms with van der Waals surface area (Å²) < 4.78 is 5.55. The van der Waals surface area contributed by atoms with Gasteiger partial charge in [-0.2, -0.15) is 5.48 Å². The van der Waals surface area contributed by atoms with Crippen LogP contribution in [0.4, 0.5) is 0 Å². The Morgan fingerprint density at radius 2 is 2.14 bits per heavy atom. The van der Waals surface area contributed by atoms with E-state index in [4.69, 9.17) is 9.57 Å². The van der Waals surface area contributed by atoms with Crippen molar-refractivity contribution < 1.29 is 14.4 Å². The van der Waals surface area contributed by atoms with Gasteiger partial charge in [0.2, 0.25) is 0 Å². The minimum absolute atomic E-state index is 0.154. The maximum absolute atomic E-state index is 10.0. The summed E-state index contributed by atoms with van der Waals surface area (Å²) in [5.41, 5.74) is 2.22. The van der Waals surface area contributed by atoms with Crippen molar-refractivity contribution in [2.24, 2.45) is 0 Å². The number of carbonyl (C=O) groups is 1. The van der Waals surface area contributed by atoms with E-state index in [2.05, 4.69) is 12.1 Å². The molecule has 0 fully saturated rings. The zero-order valence-corrected chi connectivity index (χ0v) is 9.08. The third kappa shape index (κ3) is 7.91. The first-order valence-corrected chi connectivity index (χ1v) is 4.60. The smallest absolute Gasteiger partial charge is 0.181 e. The summed E-state index contributed by atoms with van der Waals surface area (Å²) in [7, 11) is 0. The Balaban J connectivity index is 3.88. The summed E-state index contributed by atoms with van der Waals surface area (Å²) >= 11 is 0. The van der Waals surface area contributed by atoms with Crippen LogP contribution in [0.3, 0.4) is 0 Å². The number of carbonyl (C=O) groups excluding carboxylic acids is 1. The minimum Gasteiger partial charge on any atom is -0.345 e. The van der Waals surface area contributed by atoms with E-state index in [1.54, 1.807) is 6.08 Å². The van der Waals surface area contributed by atoms with E-state index in [-0.39, 0.29) is 12.1 Å². The first-order valence-electron chi connectivity index (χ1n) is 4.60. The highest BCUT2D eigenvalue weighted by Crippen LogP contribution is 2.13. The van der Waals surface area contributed by atoms with Gasteiger partial charge in [-0.3, -0.25) is 4.84 Å². The molecule has 14 heavy (non-hydrogen) atoms. The average molecular weight is 201 g/mol. The van der Waals surface area contributed by atoms with Crippen LogP contribution in [0.15, 0.2) is 12.7 Å². The van der Waals surface area contributed by atoms with Crippen molar-refractivity contribution in [1.29, 1.82) is 0 Å². The molecule has 0 aliphatic rings. The van der Waals surface area contributed by atoms with Crippen LogP contribution in [0.25, 0.3) is 0 Å². The molecule has 0 rings (SSSR count). The fraction of sp³-hybridized carbons (Fsp3) is 0.700. The zero-order chi connectivity index (χ0) is 11.0. The van der Waals surface area contributed by atoms with Crippen LogP contribution >= 0.6 is 0 Å². The van der Waals surface area contributed by atoms with Gasteiger partial charge in [0.05, 0.1) is 12.1 Å². The summed E-state index contributed by atoms with van der Waals surface area (Å²) in [5.74, 6) is 0. The number of ether oxygens (including phenoxy) is 1. The van der Waals surface area contributed by atoms with Gasteiger partial charge >= 0.3 is 0 Å². The lowest BCUT2D eigenvalue weighted by atomic mass is 10.2. The standard InChI is InChI=1S/C10H19NO3/c1-5-6-9(13-10(2,3)4)14-11-7-8-12/h5,8-9,11H,1,6-7H2,2-4H3. The van der Waals surface area contributed by atoms with Crippen LogP contribution < -0.4 is 5.48 Å². The molecule has 0 saturated heterocycles. The van der Waals surface area contributed by atoms with Crippen LogP contribution in [0, 0.1) is 0 Å². The quantitative estimate of drug-likeness (QED) is 0.222. The Labute approximate surface area is 85.2 Å². The molecule has 0 aromatic carbocycles. The predicted octanol–water partition coefficient (Wildman–Crippen LogP) is 1.42. The summed E-state index contributed by atoms with van der Waals surface area (Å²) in [6, 6.07) is 0. The molecule has 1 N–H and O–H groups in total. The van der Waals surface area contributed by atoms with Crippen molar-refractivity contribution in [3.05, 3.63) is 12.7 Å². The van der Waals surface area contributed by atoms with Crippen LogP contribution in [0.2, 0.25) is 0 Å². The van der Waals surface area contributed by atoms with E-state index in [0.29, 0.717) is 6.42 Å². The highest BCUT2D eigenvalue weighted by molar-refractivity contribution is 5.51. The largest absolute Gasteiger partial charge is 0.345 e. The monoisotopic (exact) mass is 201 g/mol. The van der Waals surface area contributed by atoms with Crippen LogP contribution in [0.5, 0.6) is 0 Å². The fourth-order valence-corrected chi connectivity index (χ4v) is 0.826. The lowest BCUT2D eigenvalue weighted by molar-refractivity contribution is -0.219. The van der Waals surface area contributed by atoms with Crippen molar-refractivity contribution in [2.45, 2.75) is 39.1 Å². The van der Waals surface area contributed by atoms with Gasteiger partial charge < -0.3 is 9.53 Å². The molecule has 0 saturated carbocycles. The maximum Gasteiger partial charge on any atom is 0.181 e. The second kappa shape index (κ2) is 6.70. The normalized spacial score (nSPS) is 13.6. The molecule has 0 aliphatic heterocycles. The average Bonchev–Trinajstić information content (AvgIpc) is 2.02. The highest BCUT2D eigenvalue weighted by atomic mass is 16.8. The Bertz CT molecular complexity index is 175. The van der Waals surface area contributed by atoms with E-state index >= 15 is 0 Å². The van der Waals surface area contributed by atoms with Gasteiger partial charge in [-0.15, -0.1) is 6.58 Å². The maximum atomic E-state index is 10.0. The number of hydrogen-bond acceptors (Lipinski definition) is 4. The first-order chi connectivity index (χ1) is 6.49. The third-order valence-electron chi connectivity index (χ3n) is 1.23. The van der Waals surface area contributed by atoms with E-state index < -0.39 is 6.29 Å². The van der Waals surface area contributed by atoms with Crippen LogP contribution in [-0.4, -0.2) is 24.7 Å². The van der Waals surface area contributed by atoms with Crippen molar-refractivity contribution in [3.63, 3.8) is 0 Å². The number of rotatable bonds is 7. The molecule has 0 amide bonds. The van der Waals surface area contributed by atoms with Crippen molar-refractivity contribution in [1.82, 2.24) is 5.48 Å². The molecule has 4 heteroatoms. The van der Waals surface area contributed by atoms with E-state index in [1.165, 1.54) is 0 Å². The summed E-state index contributed by atoms with van der Waals surface area (Å²) in [5, 5.41) is 0. The Hall–Kier alpha value is -0.710. The van der Waals surface area contributed by atoms with Crippen molar-refractivity contribution >= 4 is 6.29 Å². The van der Waals surface area contributed by atoms with E-state index in [9.17, 15) is 4.79 Å². The molecule has 0 spiro atoms. The summed E-state index contributed by atoms with van der Waals surface area (Å²) in [4.78, 5) is 15.2. The van der Waals surface area contributed by atoms with Gasteiger partial charge in [-0.05, 0) is 20.8 Å². The molecule has 4 nitrogen and oxygen atoms in total. The van der Waals surface area contributed by atoms with E-state index in [0.717, 1.165) is 6.29 Å². The van der Waals surface area contributed by atoms with Crippen LogP contribution in [0.1, 0.15) is 27.2 Å². The first kappa shape index (κ1) is 13.3. The van der Waals surface area contributed by atoms with Gasteiger partial charge in [0.25, 0.3) is 0 Å². The number of hydrogen-bond donors (Lipinski definition) is 1. The van der Waals surface area contributed by atoms with Gasteiger partial charge in [0.15, 0.2) is 6.29 Å². The molecular formula is C10H19NO3. The highest BCUT2D eigenvalue weighted by Gasteiger charge is 2.18. The second-order valence-corrected chi connectivity index (χ2v) is 3.82. The van der Waals surface area contributed by atoms with E-state index in [1.807, 2.05) is 20.8 Å². The Kier molecular flexibility index (Phi) is 6.36. The SMILES string of the molecule is C=CCC(ONCC=O)OC(C)(C)C. The van der Waals surface area contributed by atoms with Crippen LogP contribution in [-0.2, 0) is 14.4 Å². The molecule has 0 aliphatic carbocycles. The minimum atomic E-state index is -0.410. The molecule has 0 heterocycles. The number of nitrogens with one attached hydrogen (secondary N) is 1. The molecule has 0 aromatic rings. The van der Waals surface area contributed by atoms with Crippen molar-refractivity contribution in [3.8, 4) is 0 Å². The zero-order valence-electron chi connectivity index (χ0n) is 9.08. The predicted molar refractivity (Wildman–Crippen MR) is 54.6 cm³/mol. The fourth-order valence-electron chi connectivity index (χ4n) is 0.826. The lowest BCUT2D eigenvalue weighted by Gasteiger charge is -2.26. The van der Waals surface area contributed by atoms with Gasteiger partial charge in [-0.1, -0.05) is 6.08 Å². The summed E-state index contributed by atoms with van der Waals surface area (Å²) in [6.07, 6.45) is 2.59. The molecule has 1 atom stereocenters. The Morgan fingerprint density at radius 3 is 2.57 bits per heavy atom. The van der Waals surface area contributed by atoms with Gasteiger partial charge in [0.1, 0.15) is 6.29 Å². The van der Waals surface area contributed by atoms with Crippen molar-refractivity contribution in [2.75, 3.05) is 6.54 Å². The lowest BCUT2D eigenvalue weighted by Crippen LogP contribution is -2.33. The molecule has 0 bridgehead atoms. The molecule has 0 aromatic heterocycles. The number of aldehydes is 1. The topological polar surface area (TPSA) is 47.6 Å².